The van der Waals surface area contributed by atoms with Gasteiger partial charge in [0.15, 0.2) is 0 Å². The highest BCUT2D eigenvalue weighted by atomic mass is 32.2. The van der Waals surface area contributed by atoms with Gasteiger partial charge in [-0.3, -0.25) is 9.00 Å². The quantitative estimate of drug-likeness (QED) is 0.866. The maximum atomic E-state index is 12.0. The van der Waals surface area contributed by atoms with Crippen molar-refractivity contribution < 1.29 is 9.00 Å². The lowest BCUT2D eigenvalue weighted by Crippen LogP contribution is -2.30. The van der Waals surface area contributed by atoms with Gasteiger partial charge < -0.3 is 5.32 Å². The highest BCUT2D eigenvalue weighted by molar-refractivity contribution is 7.84. The van der Waals surface area contributed by atoms with Crippen LogP contribution in [0.5, 0.6) is 0 Å². The van der Waals surface area contributed by atoms with Gasteiger partial charge in [-0.15, -0.1) is 0 Å². The first-order chi connectivity index (χ1) is 9.04. The standard InChI is InChI=1S/C15H21NO2S/c1-11-3-4-12(2)14(7-11)9-19(18)10-15(17)16-8-13-5-6-13/h3-4,7,13H,5-6,8-10H2,1-2H3,(H,16,17)/t19-/m1/s1. The van der Waals surface area contributed by atoms with E-state index in [4.69, 9.17) is 0 Å². The number of amides is 1. The molecule has 1 fully saturated rings. The van der Waals surface area contributed by atoms with Crippen LogP contribution in [0.4, 0.5) is 0 Å². The van der Waals surface area contributed by atoms with Gasteiger partial charge in [0.05, 0.1) is 0 Å². The fraction of sp³-hybridized carbons (Fsp3) is 0.533. The molecule has 1 aliphatic carbocycles. The number of benzene rings is 1. The zero-order valence-corrected chi connectivity index (χ0v) is 12.4. The molecule has 1 saturated carbocycles. The molecule has 1 aromatic carbocycles. The first-order valence-electron chi connectivity index (χ1n) is 6.72. The van der Waals surface area contributed by atoms with Crippen LogP contribution >= 0.6 is 0 Å². The van der Waals surface area contributed by atoms with Gasteiger partial charge in [-0.1, -0.05) is 23.8 Å². The molecule has 0 unspecified atom stereocenters. The molecule has 104 valence electrons. The van der Waals surface area contributed by atoms with E-state index < -0.39 is 10.8 Å². The molecule has 1 aliphatic rings. The summed E-state index contributed by atoms with van der Waals surface area (Å²) < 4.78 is 12.0. The highest BCUT2D eigenvalue weighted by Gasteiger charge is 2.21. The lowest BCUT2D eigenvalue weighted by atomic mass is 10.1. The third-order valence-corrected chi connectivity index (χ3v) is 4.62. The van der Waals surface area contributed by atoms with E-state index in [9.17, 15) is 9.00 Å². The van der Waals surface area contributed by atoms with Gasteiger partial charge in [0.25, 0.3) is 0 Å². The molecule has 0 aromatic heterocycles. The third-order valence-electron chi connectivity index (χ3n) is 3.40. The second kappa shape index (κ2) is 6.33. The Hall–Kier alpha value is -1.16. The van der Waals surface area contributed by atoms with E-state index in [2.05, 4.69) is 11.4 Å². The van der Waals surface area contributed by atoms with E-state index in [0.29, 0.717) is 11.7 Å². The summed E-state index contributed by atoms with van der Waals surface area (Å²) in [7, 11) is -1.13. The van der Waals surface area contributed by atoms with Crippen LogP contribution in [0.25, 0.3) is 0 Å². The molecule has 1 atom stereocenters. The van der Waals surface area contributed by atoms with Gasteiger partial charge in [0, 0.05) is 23.1 Å². The van der Waals surface area contributed by atoms with Gasteiger partial charge in [-0.25, -0.2) is 0 Å². The summed E-state index contributed by atoms with van der Waals surface area (Å²) in [5.74, 6) is 1.15. The van der Waals surface area contributed by atoms with Gasteiger partial charge in [-0.05, 0) is 43.7 Å². The summed E-state index contributed by atoms with van der Waals surface area (Å²) in [5.41, 5.74) is 3.38. The number of aryl methyl sites for hydroxylation is 2. The number of carbonyl (C=O) groups is 1. The molecule has 1 N–H and O–H groups in total. The Labute approximate surface area is 117 Å². The van der Waals surface area contributed by atoms with Crippen LogP contribution in [-0.4, -0.2) is 22.4 Å². The molecule has 1 amide bonds. The van der Waals surface area contributed by atoms with Crippen molar-refractivity contribution in [3.05, 3.63) is 34.9 Å². The molecule has 0 saturated heterocycles. The number of hydrogen-bond donors (Lipinski definition) is 1. The summed E-state index contributed by atoms with van der Waals surface area (Å²) in [4.78, 5) is 11.6. The predicted octanol–water partition coefficient (Wildman–Crippen LogP) is 2.08. The zero-order chi connectivity index (χ0) is 13.8. The smallest absolute Gasteiger partial charge is 0.232 e. The van der Waals surface area contributed by atoms with E-state index in [0.717, 1.165) is 23.2 Å². The van der Waals surface area contributed by atoms with Gasteiger partial charge in [0.1, 0.15) is 5.75 Å². The number of nitrogens with one attached hydrogen (secondary N) is 1. The first kappa shape index (κ1) is 14.3. The molecule has 1 aromatic rings. The molecule has 0 aliphatic heterocycles. The minimum Gasteiger partial charge on any atom is -0.355 e. The van der Waals surface area contributed by atoms with Gasteiger partial charge in [0.2, 0.25) is 5.91 Å². The molecule has 19 heavy (non-hydrogen) atoms. The molecule has 0 bridgehead atoms. The number of carbonyl (C=O) groups excluding carboxylic acids is 1. The molecular formula is C15H21NO2S. The lowest BCUT2D eigenvalue weighted by Gasteiger charge is -2.08. The van der Waals surface area contributed by atoms with Crippen LogP contribution in [0.15, 0.2) is 18.2 Å². The van der Waals surface area contributed by atoms with Crippen molar-refractivity contribution in [1.29, 1.82) is 0 Å². The molecular weight excluding hydrogens is 258 g/mol. The van der Waals surface area contributed by atoms with Crippen LogP contribution in [0.2, 0.25) is 0 Å². The summed E-state index contributed by atoms with van der Waals surface area (Å²) in [5, 5.41) is 2.86. The maximum absolute atomic E-state index is 12.0. The molecule has 0 radical (unpaired) electrons. The average molecular weight is 279 g/mol. The largest absolute Gasteiger partial charge is 0.355 e. The molecule has 4 heteroatoms. The Morgan fingerprint density at radius 2 is 2.11 bits per heavy atom. The van der Waals surface area contributed by atoms with E-state index >= 15 is 0 Å². The summed E-state index contributed by atoms with van der Waals surface area (Å²) in [6.45, 7) is 4.78. The van der Waals surface area contributed by atoms with Crippen molar-refractivity contribution in [2.75, 3.05) is 12.3 Å². The monoisotopic (exact) mass is 279 g/mol. The van der Waals surface area contributed by atoms with Crippen LogP contribution < -0.4 is 5.32 Å². The maximum Gasteiger partial charge on any atom is 0.232 e. The Balaban J connectivity index is 1.82. The van der Waals surface area contributed by atoms with Crippen LogP contribution in [-0.2, 0) is 21.3 Å². The summed E-state index contributed by atoms with van der Waals surface area (Å²) in [6.07, 6.45) is 2.43. The SMILES string of the molecule is Cc1ccc(C)c(C[S@@](=O)CC(=O)NCC2CC2)c1. The fourth-order valence-electron chi connectivity index (χ4n) is 1.96. The van der Waals surface area contributed by atoms with Crippen molar-refractivity contribution in [3.8, 4) is 0 Å². The van der Waals surface area contributed by atoms with Crippen molar-refractivity contribution in [3.63, 3.8) is 0 Å². The normalized spacial score (nSPS) is 16.1. The minimum atomic E-state index is -1.13. The predicted molar refractivity (Wildman–Crippen MR) is 78.4 cm³/mol. The van der Waals surface area contributed by atoms with E-state index in [1.54, 1.807) is 0 Å². The molecule has 2 rings (SSSR count). The van der Waals surface area contributed by atoms with Gasteiger partial charge >= 0.3 is 0 Å². The topological polar surface area (TPSA) is 46.2 Å². The third kappa shape index (κ3) is 4.78. The van der Waals surface area contributed by atoms with Crippen LogP contribution in [0.1, 0.15) is 29.5 Å². The van der Waals surface area contributed by atoms with Gasteiger partial charge in [-0.2, -0.15) is 0 Å². The lowest BCUT2D eigenvalue weighted by molar-refractivity contribution is -0.118. The van der Waals surface area contributed by atoms with Crippen molar-refractivity contribution in [2.45, 2.75) is 32.4 Å². The second-order valence-electron chi connectivity index (χ2n) is 5.41. The van der Waals surface area contributed by atoms with Crippen molar-refractivity contribution >= 4 is 16.7 Å². The second-order valence-corrected chi connectivity index (χ2v) is 6.86. The Morgan fingerprint density at radius 3 is 2.79 bits per heavy atom. The fourth-order valence-corrected chi connectivity index (χ4v) is 3.11. The average Bonchev–Trinajstić information content (AvgIpc) is 3.15. The zero-order valence-electron chi connectivity index (χ0n) is 11.6. The van der Waals surface area contributed by atoms with E-state index in [1.165, 1.54) is 12.8 Å². The molecule has 3 nitrogen and oxygen atoms in total. The number of hydrogen-bond acceptors (Lipinski definition) is 2. The van der Waals surface area contributed by atoms with Crippen LogP contribution in [0, 0.1) is 19.8 Å². The Kier molecular flexibility index (Phi) is 4.75. The molecule has 0 spiro atoms. The van der Waals surface area contributed by atoms with Crippen LogP contribution in [0.3, 0.4) is 0 Å². The summed E-state index contributed by atoms with van der Waals surface area (Å²) >= 11 is 0. The number of rotatable bonds is 6. The molecule has 0 heterocycles. The van der Waals surface area contributed by atoms with Crippen molar-refractivity contribution in [2.24, 2.45) is 5.92 Å². The van der Waals surface area contributed by atoms with Crippen molar-refractivity contribution in [1.82, 2.24) is 5.32 Å². The van der Waals surface area contributed by atoms with E-state index in [1.807, 2.05) is 26.0 Å². The Bertz CT molecular complexity index is 495. The van der Waals surface area contributed by atoms with E-state index in [-0.39, 0.29) is 11.7 Å². The first-order valence-corrected chi connectivity index (χ1v) is 8.21. The summed E-state index contributed by atoms with van der Waals surface area (Å²) in [6, 6.07) is 6.13. The Morgan fingerprint density at radius 1 is 1.37 bits per heavy atom. The minimum absolute atomic E-state index is 0.0875. The highest BCUT2D eigenvalue weighted by Crippen LogP contribution is 2.27.